The summed E-state index contributed by atoms with van der Waals surface area (Å²) in [5.74, 6) is 1.45. The molecule has 2 aromatic rings. The van der Waals surface area contributed by atoms with Crippen LogP contribution in [0.5, 0.6) is 11.5 Å². The highest BCUT2D eigenvalue weighted by Crippen LogP contribution is 2.30. The normalized spacial score (nSPS) is 10.3. The average molecular weight is 201 g/mol. The predicted molar refractivity (Wildman–Crippen MR) is 63.0 cm³/mol. The molecule has 3 nitrogen and oxygen atoms in total. The van der Waals surface area contributed by atoms with Gasteiger partial charge in [0, 0.05) is 12.3 Å². The molecule has 0 bridgehead atoms. The summed E-state index contributed by atoms with van der Waals surface area (Å²) in [5, 5.41) is 1.09. The van der Waals surface area contributed by atoms with E-state index >= 15 is 0 Å². The number of hydrogen-bond acceptors (Lipinski definition) is 3. The number of pyridine rings is 1. The van der Waals surface area contributed by atoms with Crippen LogP contribution in [0, 0.1) is 0 Å². The van der Waals surface area contributed by atoms with E-state index in [9.17, 15) is 0 Å². The minimum absolute atomic E-state index is 0.711. The Hall–Kier alpha value is -1.71. The van der Waals surface area contributed by atoms with Crippen molar-refractivity contribution in [1.29, 1.82) is 0 Å². The molecule has 0 saturated heterocycles. The summed E-state index contributed by atoms with van der Waals surface area (Å²) in [6.45, 7) is 0. The van der Waals surface area contributed by atoms with Crippen LogP contribution >= 0.6 is 0 Å². The monoisotopic (exact) mass is 201 g/mol. The lowest BCUT2D eigenvalue weighted by Gasteiger charge is -2.09. The van der Waals surface area contributed by atoms with E-state index in [2.05, 4.69) is 12.8 Å². The number of rotatable bonds is 2. The van der Waals surface area contributed by atoms with Gasteiger partial charge in [-0.05, 0) is 17.5 Å². The van der Waals surface area contributed by atoms with Crippen LogP contribution in [0.25, 0.3) is 10.9 Å². The molecule has 0 unspecified atom stereocenters. The van der Waals surface area contributed by atoms with Crippen molar-refractivity contribution in [3.8, 4) is 11.5 Å². The first-order chi connectivity index (χ1) is 7.26. The summed E-state index contributed by atoms with van der Waals surface area (Å²) in [7, 11) is 5.31. The third kappa shape index (κ3) is 1.63. The summed E-state index contributed by atoms with van der Waals surface area (Å²) in [6, 6.07) is 5.83. The second-order valence-electron chi connectivity index (χ2n) is 3.35. The molecule has 1 aromatic carbocycles. The highest BCUT2D eigenvalue weighted by Gasteiger charge is 2.07. The van der Waals surface area contributed by atoms with Gasteiger partial charge in [0.05, 0.1) is 19.7 Å². The zero-order chi connectivity index (χ0) is 10.8. The number of benzene rings is 1. The standard InChI is InChI=1S/C11H12BNO2/c1-14-10-5-7-8(12)3-4-13-9(7)6-11(10)15-2/h3-6H,12H2,1-2H3. The smallest absolute Gasteiger partial charge is 0.162 e. The fourth-order valence-electron chi connectivity index (χ4n) is 1.61. The maximum absolute atomic E-state index is 5.25. The Morgan fingerprint density at radius 3 is 2.47 bits per heavy atom. The second-order valence-corrected chi connectivity index (χ2v) is 3.35. The minimum Gasteiger partial charge on any atom is -0.493 e. The topological polar surface area (TPSA) is 31.4 Å². The maximum Gasteiger partial charge on any atom is 0.162 e. The number of methoxy groups -OCH3 is 2. The lowest BCUT2D eigenvalue weighted by atomic mass is 9.92. The molecule has 0 aliphatic carbocycles. The number of hydrogen-bond donors (Lipinski definition) is 0. The molecule has 0 saturated carbocycles. The van der Waals surface area contributed by atoms with E-state index in [1.807, 2.05) is 18.2 Å². The van der Waals surface area contributed by atoms with Crippen molar-refractivity contribution in [3.05, 3.63) is 24.4 Å². The van der Waals surface area contributed by atoms with E-state index < -0.39 is 0 Å². The highest BCUT2D eigenvalue weighted by molar-refractivity contribution is 6.38. The molecule has 0 N–H and O–H groups in total. The van der Waals surface area contributed by atoms with Crippen molar-refractivity contribution in [2.75, 3.05) is 14.2 Å². The Kier molecular flexibility index (Phi) is 2.50. The molecule has 2 rings (SSSR count). The number of aromatic nitrogens is 1. The first-order valence-electron chi connectivity index (χ1n) is 4.73. The van der Waals surface area contributed by atoms with Gasteiger partial charge in [-0.25, -0.2) is 0 Å². The van der Waals surface area contributed by atoms with E-state index in [1.165, 1.54) is 5.46 Å². The Labute approximate surface area is 89.4 Å². The molecule has 0 amide bonds. The molecule has 0 radical (unpaired) electrons. The van der Waals surface area contributed by atoms with Gasteiger partial charge in [0.25, 0.3) is 0 Å². The first kappa shape index (κ1) is 9.83. The molecule has 4 heteroatoms. The van der Waals surface area contributed by atoms with Crippen LogP contribution in [0.1, 0.15) is 0 Å². The molecular weight excluding hydrogens is 189 g/mol. The Morgan fingerprint density at radius 2 is 1.80 bits per heavy atom. The minimum atomic E-state index is 0.711. The van der Waals surface area contributed by atoms with E-state index in [1.54, 1.807) is 20.4 Å². The third-order valence-electron chi connectivity index (χ3n) is 2.46. The molecule has 0 fully saturated rings. The molecule has 1 aromatic heterocycles. The van der Waals surface area contributed by atoms with E-state index in [0.29, 0.717) is 5.75 Å². The molecule has 15 heavy (non-hydrogen) atoms. The van der Waals surface area contributed by atoms with Gasteiger partial charge in [0.2, 0.25) is 0 Å². The van der Waals surface area contributed by atoms with Gasteiger partial charge in [-0.15, -0.1) is 0 Å². The van der Waals surface area contributed by atoms with Gasteiger partial charge < -0.3 is 9.47 Å². The van der Waals surface area contributed by atoms with Gasteiger partial charge >= 0.3 is 0 Å². The SMILES string of the molecule is Bc1ccnc2cc(OC)c(OC)cc12. The van der Waals surface area contributed by atoms with Gasteiger partial charge in [-0.1, -0.05) is 5.46 Å². The van der Waals surface area contributed by atoms with Crippen LogP contribution in [0.4, 0.5) is 0 Å². The van der Waals surface area contributed by atoms with Crippen molar-refractivity contribution in [1.82, 2.24) is 4.98 Å². The summed E-state index contributed by atoms with van der Waals surface area (Å²) < 4.78 is 10.5. The zero-order valence-corrected chi connectivity index (χ0v) is 9.07. The number of fused-ring (bicyclic) bond motifs is 1. The quantitative estimate of drug-likeness (QED) is 0.663. The summed E-state index contributed by atoms with van der Waals surface area (Å²) in [4.78, 5) is 4.29. The Balaban J connectivity index is 2.75. The molecule has 0 aliphatic heterocycles. The van der Waals surface area contributed by atoms with Crippen LogP contribution in [-0.4, -0.2) is 27.0 Å². The van der Waals surface area contributed by atoms with Crippen LogP contribution in [0.3, 0.4) is 0 Å². The lowest BCUT2D eigenvalue weighted by molar-refractivity contribution is 0.356. The largest absolute Gasteiger partial charge is 0.493 e. The molecular formula is C11H12BNO2. The Morgan fingerprint density at radius 1 is 1.13 bits per heavy atom. The van der Waals surface area contributed by atoms with Crippen LogP contribution in [0.2, 0.25) is 0 Å². The van der Waals surface area contributed by atoms with Gasteiger partial charge in [-0.3, -0.25) is 4.98 Å². The van der Waals surface area contributed by atoms with Crippen LogP contribution in [0.15, 0.2) is 24.4 Å². The Bertz CT molecular complexity index is 499. The van der Waals surface area contributed by atoms with E-state index in [-0.39, 0.29) is 0 Å². The maximum atomic E-state index is 5.25. The van der Waals surface area contributed by atoms with Crippen LogP contribution in [-0.2, 0) is 0 Å². The third-order valence-corrected chi connectivity index (χ3v) is 2.46. The molecule has 0 spiro atoms. The summed E-state index contributed by atoms with van der Waals surface area (Å²) >= 11 is 0. The van der Waals surface area contributed by atoms with Crippen molar-refractivity contribution in [2.45, 2.75) is 0 Å². The summed E-state index contributed by atoms with van der Waals surface area (Å²) in [6.07, 6.45) is 1.80. The number of ether oxygens (including phenoxy) is 2. The van der Waals surface area contributed by atoms with Gasteiger partial charge in [0.15, 0.2) is 11.5 Å². The molecule has 0 aliphatic rings. The first-order valence-corrected chi connectivity index (χ1v) is 4.73. The van der Waals surface area contributed by atoms with Crippen LogP contribution < -0.4 is 14.9 Å². The van der Waals surface area contributed by atoms with E-state index in [4.69, 9.17) is 9.47 Å². The fraction of sp³-hybridized carbons (Fsp3) is 0.182. The molecule has 76 valence electrons. The van der Waals surface area contributed by atoms with E-state index in [0.717, 1.165) is 16.7 Å². The zero-order valence-electron chi connectivity index (χ0n) is 9.07. The molecule has 0 atom stereocenters. The highest BCUT2D eigenvalue weighted by atomic mass is 16.5. The number of nitrogens with zero attached hydrogens (tertiary/aromatic N) is 1. The van der Waals surface area contributed by atoms with Gasteiger partial charge in [0.1, 0.15) is 7.85 Å². The summed E-state index contributed by atoms with van der Waals surface area (Å²) in [5.41, 5.74) is 2.11. The second kappa shape index (κ2) is 3.81. The fourth-order valence-corrected chi connectivity index (χ4v) is 1.61. The van der Waals surface area contributed by atoms with Crippen molar-refractivity contribution in [3.63, 3.8) is 0 Å². The van der Waals surface area contributed by atoms with Gasteiger partial charge in [-0.2, -0.15) is 0 Å². The van der Waals surface area contributed by atoms with Crippen molar-refractivity contribution in [2.24, 2.45) is 0 Å². The molecule has 1 heterocycles. The predicted octanol–water partition coefficient (Wildman–Crippen LogP) is 0.510. The van der Waals surface area contributed by atoms with Crippen molar-refractivity contribution >= 4 is 24.2 Å². The lowest BCUT2D eigenvalue weighted by Crippen LogP contribution is -2.04. The average Bonchev–Trinajstić information content (AvgIpc) is 2.28. The van der Waals surface area contributed by atoms with Crippen molar-refractivity contribution < 1.29 is 9.47 Å².